The molecule has 9 nitrogen and oxygen atoms in total. The summed E-state index contributed by atoms with van der Waals surface area (Å²) in [6.45, 7) is 2.37. The number of aliphatic imine (C=N–C) groups is 1. The summed E-state index contributed by atoms with van der Waals surface area (Å²) in [5.74, 6) is -0.496. The molecule has 0 radical (unpaired) electrons. The van der Waals surface area contributed by atoms with Crippen molar-refractivity contribution in [2.24, 2.45) is 4.99 Å². The Morgan fingerprint density at radius 2 is 2.08 bits per heavy atom. The van der Waals surface area contributed by atoms with Crippen LogP contribution in [0.25, 0.3) is 16.9 Å². The van der Waals surface area contributed by atoms with E-state index >= 15 is 0 Å². The molecule has 0 spiro atoms. The summed E-state index contributed by atoms with van der Waals surface area (Å²) in [6.07, 6.45) is 4.68. The number of amides is 1. The molecule has 0 aromatic carbocycles. The zero-order valence-corrected chi connectivity index (χ0v) is 21.4. The monoisotopic (exact) mass is 521 g/mol. The Kier molecular flexibility index (Phi) is 7.93. The zero-order chi connectivity index (χ0) is 26.6. The Labute approximate surface area is 219 Å². The molecule has 192 valence electrons. The Balaban J connectivity index is 1.63. The summed E-state index contributed by atoms with van der Waals surface area (Å²) < 4.78 is 15.9. The van der Waals surface area contributed by atoms with Gasteiger partial charge in [-0.1, -0.05) is 0 Å². The van der Waals surface area contributed by atoms with Gasteiger partial charge < -0.3 is 15.7 Å². The van der Waals surface area contributed by atoms with Crippen LogP contribution in [0.5, 0.6) is 0 Å². The average Bonchev–Trinajstić information content (AvgIpc) is 3.31. The topological polar surface area (TPSA) is 128 Å². The Hall–Kier alpha value is -3.71. The van der Waals surface area contributed by atoms with Crippen molar-refractivity contribution in [3.05, 3.63) is 47.8 Å². The number of aliphatic hydroxyl groups is 1. The lowest BCUT2D eigenvalue weighted by Gasteiger charge is -2.28. The maximum Gasteiger partial charge on any atom is 0.255 e. The highest BCUT2D eigenvalue weighted by Gasteiger charge is 2.28. The number of nitrogens with one attached hydrogen (secondary N) is 2. The van der Waals surface area contributed by atoms with E-state index in [9.17, 15) is 14.3 Å². The molecule has 1 saturated carbocycles. The molecule has 3 aromatic rings. The third kappa shape index (κ3) is 6.17. The number of halogens is 1. The number of rotatable bonds is 8. The smallest absolute Gasteiger partial charge is 0.255 e. The molecule has 1 fully saturated rings. The van der Waals surface area contributed by atoms with Crippen LogP contribution in [0.2, 0.25) is 0 Å². The number of fused-ring (bicyclic) bond motifs is 1. The van der Waals surface area contributed by atoms with Crippen molar-refractivity contribution in [2.45, 2.75) is 63.4 Å². The molecule has 37 heavy (non-hydrogen) atoms. The van der Waals surface area contributed by atoms with Gasteiger partial charge in [-0.3, -0.25) is 9.78 Å². The lowest BCUT2D eigenvalue weighted by molar-refractivity contribution is -0.00177. The molecular weight excluding hydrogens is 493 g/mol. The fraction of sp³-hybridized carbons (Fsp3) is 0.423. The molecule has 1 amide bonds. The maximum absolute atomic E-state index is 14.3. The highest BCUT2D eigenvalue weighted by Crippen LogP contribution is 2.29. The van der Waals surface area contributed by atoms with Crippen molar-refractivity contribution < 1.29 is 14.3 Å². The number of thiocarbonyl (C=S) groups is 1. The maximum atomic E-state index is 14.3. The van der Waals surface area contributed by atoms with E-state index in [0.29, 0.717) is 22.6 Å². The van der Waals surface area contributed by atoms with Gasteiger partial charge in [-0.05, 0) is 76.0 Å². The number of nitriles is 1. The SMILES string of the molecule is CC(C)(O)[C@H](F)CNC(=O)c1cnc(-c2ccc3cc(C#N)cnn23)cc1N[C@H]1CC[C@H](N=C=S)CC1. The van der Waals surface area contributed by atoms with Crippen molar-refractivity contribution >= 4 is 34.5 Å². The predicted octanol–water partition coefficient (Wildman–Crippen LogP) is 3.93. The molecule has 11 heteroatoms. The zero-order valence-electron chi connectivity index (χ0n) is 20.6. The molecule has 3 N–H and O–H groups in total. The van der Waals surface area contributed by atoms with Crippen molar-refractivity contribution in [3.63, 3.8) is 0 Å². The van der Waals surface area contributed by atoms with Crippen LogP contribution < -0.4 is 10.6 Å². The molecule has 0 unspecified atom stereocenters. The Morgan fingerprint density at radius 3 is 2.76 bits per heavy atom. The number of carbonyl (C=O) groups is 1. The van der Waals surface area contributed by atoms with Gasteiger partial charge in [-0.25, -0.2) is 13.9 Å². The third-order valence-corrected chi connectivity index (χ3v) is 6.65. The van der Waals surface area contributed by atoms with Crippen LogP contribution >= 0.6 is 12.2 Å². The van der Waals surface area contributed by atoms with E-state index < -0.39 is 17.7 Å². The first-order valence-corrected chi connectivity index (χ1v) is 12.5. The van der Waals surface area contributed by atoms with Crippen molar-refractivity contribution in [1.29, 1.82) is 5.26 Å². The van der Waals surface area contributed by atoms with E-state index in [1.807, 2.05) is 12.1 Å². The minimum Gasteiger partial charge on any atom is -0.387 e. The van der Waals surface area contributed by atoms with E-state index in [0.717, 1.165) is 31.2 Å². The molecule has 4 rings (SSSR count). The van der Waals surface area contributed by atoms with Gasteiger partial charge in [0.25, 0.3) is 5.91 Å². The van der Waals surface area contributed by atoms with Gasteiger partial charge in [-0.2, -0.15) is 10.4 Å². The van der Waals surface area contributed by atoms with E-state index in [1.165, 1.54) is 26.2 Å². The van der Waals surface area contributed by atoms with Crippen LogP contribution in [0.3, 0.4) is 0 Å². The largest absolute Gasteiger partial charge is 0.387 e. The van der Waals surface area contributed by atoms with Gasteiger partial charge in [0.15, 0.2) is 0 Å². The number of anilines is 1. The average molecular weight is 522 g/mol. The third-order valence-electron chi connectivity index (χ3n) is 6.54. The van der Waals surface area contributed by atoms with Crippen LogP contribution in [0.4, 0.5) is 10.1 Å². The number of nitrogens with zero attached hydrogens (tertiary/aromatic N) is 5. The number of pyridine rings is 1. The van der Waals surface area contributed by atoms with Crippen LogP contribution in [0.15, 0.2) is 41.7 Å². The molecular formula is C26H28FN7O2S. The standard InChI is InChI=1S/C26H28FN7O2S/c1-26(2,36)24(27)14-30-25(35)20-13-29-22(23-8-7-19-9-16(11-28)12-32-34(19)23)10-21(20)33-18-5-3-17(4-6-18)31-15-37/h7-10,12-13,17-18,24,36H,3-6,14H2,1-2H3,(H,29,33)(H,30,35)/t17-,18-,24-/m1/s1. The first-order chi connectivity index (χ1) is 17.7. The predicted molar refractivity (Wildman–Crippen MR) is 141 cm³/mol. The van der Waals surface area contributed by atoms with Gasteiger partial charge in [-0.15, -0.1) is 0 Å². The second-order valence-corrected chi connectivity index (χ2v) is 9.91. The van der Waals surface area contributed by atoms with Crippen LogP contribution in [-0.2, 0) is 0 Å². The normalized spacial score (nSPS) is 18.5. The van der Waals surface area contributed by atoms with E-state index in [1.54, 1.807) is 16.6 Å². The fourth-order valence-electron chi connectivity index (χ4n) is 4.32. The highest BCUT2D eigenvalue weighted by atomic mass is 32.1. The molecule has 3 aromatic heterocycles. The number of aromatic nitrogens is 3. The molecule has 0 saturated heterocycles. The number of hydrogen-bond donors (Lipinski definition) is 3. The summed E-state index contributed by atoms with van der Waals surface area (Å²) >= 11 is 4.73. The number of hydrogen-bond acceptors (Lipinski definition) is 8. The first kappa shape index (κ1) is 26.4. The lowest BCUT2D eigenvalue weighted by Crippen LogP contribution is -2.42. The summed E-state index contributed by atoms with van der Waals surface area (Å²) in [5.41, 5.74) is 1.72. The van der Waals surface area contributed by atoms with Gasteiger partial charge >= 0.3 is 0 Å². The van der Waals surface area contributed by atoms with Gasteiger partial charge in [0, 0.05) is 12.2 Å². The minimum atomic E-state index is -1.63. The second-order valence-electron chi connectivity index (χ2n) is 9.73. The summed E-state index contributed by atoms with van der Waals surface area (Å²) in [7, 11) is 0. The lowest BCUT2D eigenvalue weighted by atomic mass is 9.91. The quantitative estimate of drug-likeness (QED) is 0.303. The fourth-order valence-corrected chi connectivity index (χ4v) is 4.47. The number of alkyl halides is 1. The second kappa shape index (κ2) is 11.1. The van der Waals surface area contributed by atoms with Crippen molar-refractivity contribution in [2.75, 3.05) is 11.9 Å². The highest BCUT2D eigenvalue weighted by molar-refractivity contribution is 7.78. The summed E-state index contributed by atoms with van der Waals surface area (Å²) in [4.78, 5) is 21.7. The van der Waals surface area contributed by atoms with Crippen molar-refractivity contribution in [1.82, 2.24) is 19.9 Å². The first-order valence-electron chi connectivity index (χ1n) is 12.1. The minimum absolute atomic E-state index is 0.101. The van der Waals surface area contributed by atoms with Gasteiger partial charge in [0.2, 0.25) is 0 Å². The van der Waals surface area contributed by atoms with Gasteiger partial charge in [0.1, 0.15) is 12.2 Å². The Bertz CT molecular complexity index is 1380. The van der Waals surface area contributed by atoms with E-state index in [2.05, 4.69) is 36.9 Å². The molecule has 1 atom stereocenters. The van der Waals surface area contributed by atoms with E-state index in [-0.39, 0.29) is 24.2 Å². The Morgan fingerprint density at radius 1 is 1.32 bits per heavy atom. The molecule has 0 aliphatic heterocycles. The molecule has 3 heterocycles. The van der Waals surface area contributed by atoms with Crippen LogP contribution in [-0.4, -0.2) is 61.2 Å². The summed E-state index contributed by atoms with van der Waals surface area (Å²) in [6, 6.07) is 9.54. The molecule has 0 bridgehead atoms. The molecule has 1 aliphatic rings. The van der Waals surface area contributed by atoms with E-state index in [4.69, 9.17) is 17.5 Å². The van der Waals surface area contributed by atoms with Gasteiger partial charge in [0.05, 0.1) is 63.3 Å². The van der Waals surface area contributed by atoms with Crippen LogP contribution in [0.1, 0.15) is 55.5 Å². The van der Waals surface area contributed by atoms with Crippen LogP contribution in [0, 0.1) is 11.3 Å². The number of carbonyl (C=O) groups excluding carboxylic acids is 1. The number of isothiocyanates is 1. The summed E-state index contributed by atoms with van der Waals surface area (Å²) in [5, 5.41) is 31.9. The molecule has 1 aliphatic carbocycles. The van der Waals surface area contributed by atoms with Crippen molar-refractivity contribution in [3.8, 4) is 17.5 Å².